The summed E-state index contributed by atoms with van der Waals surface area (Å²) in [6.07, 6.45) is -0.684. The Balaban J connectivity index is 1.99. The van der Waals surface area contributed by atoms with Gasteiger partial charge in [0, 0.05) is 5.69 Å². The standard InChI is InChI=1S/C22H27NO4/c1-6-26-21(25)16-8-7-9-18(14-16)23-20(24)15(2)27-19-12-10-17(11-13-19)22(3,4)5/h7-15H,6H2,1-5H3,(H,23,24). The third-order valence-electron chi connectivity index (χ3n) is 4.04. The highest BCUT2D eigenvalue weighted by Gasteiger charge is 2.17. The number of ether oxygens (including phenoxy) is 2. The summed E-state index contributed by atoms with van der Waals surface area (Å²) in [6.45, 7) is 10.2. The molecule has 2 rings (SSSR count). The molecule has 0 aromatic heterocycles. The molecule has 0 saturated carbocycles. The number of hydrogen-bond donors (Lipinski definition) is 1. The number of amides is 1. The lowest BCUT2D eigenvalue weighted by atomic mass is 9.87. The number of hydrogen-bond acceptors (Lipinski definition) is 4. The van der Waals surface area contributed by atoms with E-state index in [1.807, 2.05) is 24.3 Å². The van der Waals surface area contributed by atoms with E-state index in [9.17, 15) is 9.59 Å². The van der Waals surface area contributed by atoms with Gasteiger partial charge >= 0.3 is 5.97 Å². The minimum absolute atomic E-state index is 0.0610. The highest BCUT2D eigenvalue weighted by molar-refractivity contribution is 5.96. The number of benzene rings is 2. The van der Waals surface area contributed by atoms with Gasteiger partial charge in [0.2, 0.25) is 0 Å². The van der Waals surface area contributed by atoms with Crippen LogP contribution in [0.15, 0.2) is 48.5 Å². The van der Waals surface area contributed by atoms with E-state index < -0.39 is 12.1 Å². The lowest BCUT2D eigenvalue weighted by molar-refractivity contribution is -0.122. The average molecular weight is 369 g/mol. The first kappa shape index (κ1) is 20.5. The van der Waals surface area contributed by atoms with Crippen LogP contribution in [-0.4, -0.2) is 24.6 Å². The smallest absolute Gasteiger partial charge is 0.338 e. The summed E-state index contributed by atoms with van der Waals surface area (Å²) in [5.74, 6) is -0.0846. The Morgan fingerprint density at radius 2 is 1.74 bits per heavy atom. The zero-order valence-electron chi connectivity index (χ0n) is 16.5. The van der Waals surface area contributed by atoms with Crippen molar-refractivity contribution in [3.63, 3.8) is 0 Å². The van der Waals surface area contributed by atoms with E-state index in [1.54, 1.807) is 38.1 Å². The topological polar surface area (TPSA) is 64.6 Å². The maximum absolute atomic E-state index is 12.4. The minimum Gasteiger partial charge on any atom is -0.481 e. The Hall–Kier alpha value is -2.82. The normalized spacial score (nSPS) is 12.2. The van der Waals surface area contributed by atoms with E-state index in [0.29, 0.717) is 23.6 Å². The molecule has 1 amide bonds. The van der Waals surface area contributed by atoms with Crippen molar-refractivity contribution in [2.24, 2.45) is 0 Å². The summed E-state index contributed by atoms with van der Waals surface area (Å²) < 4.78 is 10.7. The SMILES string of the molecule is CCOC(=O)c1cccc(NC(=O)C(C)Oc2ccc(C(C)(C)C)cc2)c1. The summed E-state index contributed by atoms with van der Waals surface area (Å²) >= 11 is 0. The van der Waals surface area contributed by atoms with Crippen molar-refractivity contribution < 1.29 is 19.1 Å². The van der Waals surface area contributed by atoms with Crippen LogP contribution >= 0.6 is 0 Å². The van der Waals surface area contributed by atoms with Crippen LogP contribution in [0.4, 0.5) is 5.69 Å². The van der Waals surface area contributed by atoms with Gasteiger partial charge in [-0.25, -0.2) is 4.79 Å². The first-order valence-electron chi connectivity index (χ1n) is 9.06. The number of carbonyl (C=O) groups is 2. The second-order valence-electron chi connectivity index (χ2n) is 7.32. The molecular formula is C22H27NO4. The van der Waals surface area contributed by atoms with E-state index in [1.165, 1.54) is 5.56 Å². The first-order valence-corrected chi connectivity index (χ1v) is 9.06. The largest absolute Gasteiger partial charge is 0.481 e. The third kappa shape index (κ3) is 5.84. The van der Waals surface area contributed by atoms with Crippen molar-refractivity contribution in [1.82, 2.24) is 0 Å². The van der Waals surface area contributed by atoms with Gasteiger partial charge in [0.1, 0.15) is 5.75 Å². The number of esters is 1. The predicted octanol–water partition coefficient (Wildman–Crippen LogP) is 4.57. The van der Waals surface area contributed by atoms with E-state index in [4.69, 9.17) is 9.47 Å². The molecule has 0 aliphatic rings. The van der Waals surface area contributed by atoms with Crippen LogP contribution in [0.25, 0.3) is 0 Å². The van der Waals surface area contributed by atoms with Gasteiger partial charge in [0.15, 0.2) is 6.10 Å². The van der Waals surface area contributed by atoms with Gasteiger partial charge in [0.25, 0.3) is 5.91 Å². The van der Waals surface area contributed by atoms with Crippen LogP contribution in [0.5, 0.6) is 5.75 Å². The Bertz CT molecular complexity index is 791. The van der Waals surface area contributed by atoms with Crippen molar-refractivity contribution in [2.45, 2.75) is 46.1 Å². The molecule has 2 aromatic rings. The number of carbonyl (C=O) groups excluding carboxylic acids is 2. The highest BCUT2D eigenvalue weighted by atomic mass is 16.5. The third-order valence-corrected chi connectivity index (χ3v) is 4.04. The quantitative estimate of drug-likeness (QED) is 0.758. The summed E-state index contributed by atoms with van der Waals surface area (Å²) in [5.41, 5.74) is 2.17. The number of anilines is 1. The van der Waals surface area contributed by atoms with Crippen molar-refractivity contribution in [3.05, 3.63) is 59.7 Å². The molecule has 2 aromatic carbocycles. The molecule has 27 heavy (non-hydrogen) atoms. The summed E-state index contributed by atoms with van der Waals surface area (Å²) in [4.78, 5) is 24.2. The molecule has 1 atom stereocenters. The summed E-state index contributed by atoms with van der Waals surface area (Å²) in [7, 11) is 0. The molecule has 0 fully saturated rings. The van der Waals surface area contributed by atoms with Crippen LogP contribution in [0.3, 0.4) is 0 Å². The van der Waals surface area contributed by atoms with Gasteiger partial charge in [-0.2, -0.15) is 0 Å². The maximum Gasteiger partial charge on any atom is 0.338 e. The van der Waals surface area contributed by atoms with Crippen LogP contribution in [0.2, 0.25) is 0 Å². The Morgan fingerprint density at radius 1 is 1.07 bits per heavy atom. The summed E-state index contributed by atoms with van der Waals surface area (Å²) in [5, 5.41) is 2.76. The van der Waals surface area contributed by atoms with E-state index in [2.05, 4.69) is 26.1 Å². The molecule has 1 N–H and O–H groups in total. The van der Waals surface area contributed by atoms with Crippen LogP contribution in [0.1, 0.15) is 50.5 Å². The molecule has 1 unspecified atom stereocenters. The van der Waals surface area contributed by atoms with Gasteiger partial charge in [0.05, 0.1) is 12.2 Å². The van der Waals surface area contributed by atoms with E-state index in [-0.39, 0.29) is 11.3 Å². The Morgan fingerprint density at radius 3 is 2.33 bits per heavy atom. The molecule has 144 valence electrons. The second kappa shape index (κ2) is 8.71. The Labute approximate surface area is 160 Å². The van der Waals surface area contributed by atoms with Gasteiger partial charge in [-0.15, -0.1) is 0 Å². The Kier molecular flexibility index (Phi) is 6.61. The fourth-order valence-corrected chi connectivity index (χ4v) is 2.47. The molecule has 5 nitrogen and oxygen atoms in total. The molecule has 0 spiro atoms. The molecule has 0 saturated heterocycles. The molecule has 0 aliphatic carbocycles. The van der Waals surface area contributed by atoms with E-state index in [0.717, 1.165) is 0 Å². The van der Waals surface area contributed by atoms with Crippen molar-refractivity contribution >= 4 is 17.6 Å². The lowest BCUT2D eigenvalue weighted by Crippen LogP contribution is -2.30. The van der Waals surface area contributed by atoms with Crippen LogP contribution in [0, 0.1) is 0 Å². The van der Waals surface area contributed by atoms with Gasteiger partial charge in [-0.05, 0) is 55.2 Å². The fraction of sp³-hybridized carbons (Fsp3) is 0.364. The van der Waals surface area contributed by atoms with Crippen LogP contribution in [-0.2, 0) is 14.9 Å². The van der Waals surface area contributed by atoms with Gasteiger partial charge in [-0.3, -0.25) is 4.79 Å². The molecule has 0 bridgehead atoms. The number of nitrogens with one attached hydrogen (secondary N) is 1. The zero-order chi connectivity index (χ0) is 20.0. The predicted molar refractivity (Wildman–Crippen MR) is 106 cm³/mol. The van der Waals surface area contributed by atoms with Crippen LogP contribution < -0.4 is 10.1 Å². The second-order valence-corrected chi connectivity index (χ2v) is 7.32. The molecule has 0 aliphatic heterocycles. The average Bonchev–Trinajstić information content (AvgIpc) is 2.61. The highest BCUT2D eigenvalue weighted by Crippen LogP contribution is 2.24. The van der Waals surface area contributed by atoms with Crippen molar-refractivity contribution in [1.29, 1.82) is 0 Å². The lowest BCUT2D eigenvalue weighted by Gasteiger charge is -2.20. The van der Waals surface area contributed by atoms with Crippen molar-refractivity contribution in [2.75, 3.05) is 11.9 Å². The molecule has 0 heterocycles. The van der Waals surface area contributed by atoms with Crippen molar-refractivity contribution in [3.8, 4) is 5.75 Å². The molecule has 5 heteroatoms. The van der Waals surface area contributed by atoms with E-state index >= 15 is 0 Å². The maximum atomic E-state index is 12.4. The first-order chi connectivity index (χ1) is 12.7. The van der Waals surface area contributed by atoms with Gasteiger partial charge < -0.3 is 14.8 Å². The molecular weight excluding hydrogens is 342 g/mol. The monoisotopic (exact) mass is 369 g/mol. The summed E-state index contributed by atoms with van der Waals surface area (Å²) in [6, 6.07) is 14.4. The number of rotatable bonds is 6. The fourth-order valence-electron chi connectivity index (χ4n) is 2.47. The minimum atomic E-state index is -0.684. The zero-order valence-corrected chi connectivity index (χ0v) is 16.5. The molecule has 0 radical (unpaired) electrons. The van der Waals surface area contributed by atoms with Gasteiger partial charge in [-0.1, -0.05) is 39.0 Å².